The van der Waals surface area contributed by atoms with Gasteiger partial charge in [-0.05, 0) is 55.0 Å². The summed E-state index contributed by atoms with van der Waals surface area (Å²) in [7, 11) is -9.30. The van der Waals surface area contributed by atoms with Crippen molar-refractivity contribution < 1.29 is 34.4 Å². The van der Waals surface area contributed by atoms with Crippen LogP contribution in [0.25, 0.3) is 22.7 Å². The zero-order valence-electron chi connectivity index (χ0n) is 16.4. The predicted molar refractivity (Wildman–Crippen MR) is 105 cm³/mol. The molecule has 0 saturated heterocycles. The monoisotopic (exact) mass is 474 g/mol. The molecule has 12 heteroatoms. The summed E-state index contributed by atoms with van der Waals surface area (Å²) in [6, 6.07) is 3.38. The summed E-state index contributed by atoms with van der Waals surface area (Å²) in [5.41, 5.74) is -5.11. The first-order chi connectivity index (χ1) is 14.4. The van der Waals surface area contributed by atoms with Gasteiger partial charge in [0.15, 0.2) is 15.4 Å². The summed E-state index contributed by atoms with van der Waals surface area (Å²) in [5, 5.41) is 0. The minimum absolute atomic E-state index is 0.0153. The largest absolute Gasteiger partial charge is 0.501 e. The van der Waals surface area contributed by atoms with Gasteiger partial charge in [0.05, 0.1) is 15.5 Å². The smallest absolute Gasteiger partial charge is 0.435 e. The minimum atomic E-state index is -5.59. The molecule has 7 nitrogen and oxygen atoms in total. The average Bonchev–Trinajstić information content (AvgIpc) is 3.45. The Bertz CT molecular complexity index is 1410. The van der Waals surface area contributed by atoms with Crippen LogP contribution in [0.1, 0.15) is 36.8 Å². The number of fused-ring (bicyclic) bond motifs is 1. The van der Waals surface area contributed by atoms with Crippen LogP contribution in [-0.4, -0.2) is 38.1 Å². The van der Waals surface area contributed by atoms with Crippen molar-refractivity contribution in [2.45, 2.75) is 47.9 Å². The highest BCUT2D eigenvalue weighted by Gasteiger charge is 2.48. The summed E-state index contributed by atoms with van der Waals surface area (Å²) >= 11 is 0. The van der Waals surface area contributed by atoms with Crippen LogP contribution in [-0.2, 0) is 19.7 Å². The molecule has 0 aliphatic heterocycles. The van der Waals surface area contributed by atoms with Gasteiger partial charge in [-0.25, -0.2) is 26.8 Å². The van der Waals surface area contributed by atoms with E-state index in [-0.39, 0.29) is 44.8 Å². The van der Waals surface area contributed by atoms with Gasteiger partial charge >= 0.3 is 5.51 Å². The SMILES string of the molecule is CCS(=O)(=O)c1cc(C2CC2)cnc1-c1nc2c(C)c(S(=O)(=O)C(F)(F)F)ccc2o1. The second kappa shape index (κ2) is 7.02. The van der Waals surface area contributed by atoms with Crippen molar-refractivity contribution in [3.05, 3.63) is 35.5 Å². The first kappa shape index (κ1) is 21.8. The van der Waals surface area contributed by atoms with Crippen molar-refractivity contribution in [3.8, 4) is 11.6 Å². The number of hydrogen-bond donors (Lipinski definition) is 0. The number of pyridine rings is 1. The molecule has 1 saturated carbocycles. The highest BCUT2D eigenvalue weighted by atomic mass is 32.2. The number of sulfone groups is 2. The minimum Gasteiger partial charge on any atom is -0.435 e. The fourth-order valence-electron chi connectivity index (χ4n) is 3.28. The number of nitrogens with zero attached hydrogens (tertiary/aromatic N) is 2. The van der Waals surface area contributed by atoms with Crippen molar-refractivity contribution in [2.75, 3.05) is 5.75 Å². The van der Waals surface area contributed by atoms with E-state index in [1.165, 1.54) is 26.1 Å². The predicted octanol–water partition coefficient (Wildman–Crippen LogP) is 4.16. The third kappa shape index (κ3) is 3.61. The molecule has 0 radical (unpaired) electrons. The normalized spacial score (nSPS) is 15.5. The first-order valence-corrected chi connectivity index (χ1v) is 12.4. The highest BCUT2D eigenvalue weighted by Crippen LogP contribution is 2.42. The second-order valence-electron chi connectivity index (χ2n) is 7.30. The summed E-state index contributed by atoms with van der Waals surface area (Å²) in [4.78, 5) is 7.32. The van der Waals surface area contributed by atoms with E-state index in [0.717, 1.165) is 30.5 Å². The molecule has 1 aliphatic rings. The molecule has 1 aliphatic carbocycles. The van der Waals surface area contributed by atoms with E-state index < -0.39 is 30.1 Å². The van der Waals surface area contributed by atoms with Gasteiger partial charge in [0.1, 0.15) is 11.2 Å². The van der Waals surface area contributed by atoms with E-state index in [4.69, 9.17) is 4.42 Å². The third-order valence-corrected chi connectivity index (χ3v) is 8.57. The van der Waals surface area contributed by atoms with Crippen LogP contribution in [0.15, 0.2) is 38.6 Å². The lowest BCUT2D eigenvalue weighted by Gasteiger charge is -2.10. The Morgan fingerprint density at radius 2 is 1.81 bits per heavy atom. The number of halogens is 3. The van der Waals surface area contributed by atoms with Gasteiger partial charge in [0.25, 0.3) is 9.84 Å². The van der Waals surface area contributed by atoms with Gasteiger partial charge in [0, 0.05) is 6.20 Å². The molecule has 1 aromatic carbocycles. The quantitative estimate of drug-likeness (QED) is 0.546. The van der Waals surface area contributed by atoms with Gasteiger partial charge in [-0.15, -0.1) is 0 Å². The lowest BCUT2D eigenvalue weighted by Crippen LogP contribution is -2.24. The molecule has 0 unspecified atom stereocenters. The molecule has 0 N–H and O–H groups in total. The van der Waals surface area contributed by atoms with Gasteiger partial charge in [0.2, 0.25) is 5.89 Å². The molecule has 4 rings (SSSR count). The van der Waals surface area contributed by atoms with Gasteiger partial charge in [-0.3, -0.25) is 0 Å². The molecule has 31 heavy (non-hydrogen) atoms. The highest BCUT2D eigenvalue weighted by molar-refractivity contribution is 7.92. The molecule has 1 fully saturated rings. The van der Waals surface area contributed by atoms with Gasteiger partial charge in [-0.2, -0.15) is 13.2 Å². The van der Waals surface area contributed by atoms with Crippen LogP contribution in [0.5, 0.6) is 0 Å². The summed E-state index contributed by atoms with van der Waals surface area (Å²) in [6.45, 7) is 2.66. The van der Waals surface area contributed by atoms with Crippen LogP contribution in [0.3, 0.4) is 0 Å². The Morgan fingerprint density at radius 3 is 2.39 bits per heavy atom. The topological polar surface area (TPSA) is 107 Å². The fraction of sp³-hybridized carbons (Fsp3) is 0.368. The number of aryl methyl sites for hydroxylation is 1. The van der Waals surface area contributed by atoms with Crippen molar-refractivity contribution in [1.29, 1.82) is 0 Å². The zero-order chi connectivity index (χ0) is 22.8. The number of aromatic nitrogens is 2. The summed E-state index contributed by atoms with van der Waals surface area (Å²) < 4.78 is 93.6. The maximum atomic E-state index is 13.0. The lowest BCUT2D eigenvalue weighted by atomic mass is 10.2. The molecule has 166 valence electrons. The number of benzene rings is 1. The number of oxazole rings is 1. The molecule has 2 aromatic heterocycles. The van der Waals surface area contributed by atoms with Crippen LogP contribution in [0.4, 0.5) is 13.2 Å². The summed E-state index contributed by atoms with van der Waals surface area (Å²) in [6.07, 6.45) is 3.40. The Balaban J connectivity index is 1.92. The first-order valence-electron chi connectivity index (χ1n) is 9.31. The Morgan fingerprint density at radius 1 is 1.13 bits per heavy atom. The van der Waals surface area contributed by atoms with Crippen molar-refractivity contribution in [2.24, 2.45) is 0 Å². The van der Waals surface area contributed by atoms with E-state index in [9.17, 15) is 30.0 Å². The molecule has 0 bridgehead atoms. The van der Waals surface area contributed by atoms with Gasteiger partial charge < -0.3 is 4.42 Å². The Hall–Kier alpha value is -2.47. The van der Waals surface area contributed by atoms with Crippen LogP contribution in [0, 0.1) is 6.92 Å². The lowest BCUT2D eigenvalue weighted by molar-refractivity contribution is -0.0436. The van der Waals surface area contributed by atoms with Crippen molar-refractivity contribution in [3.63, 3.8) is 0 Å². The second-order valence-corrected chi connectivity index (χ2v) is 11.5. The third-order valence-electron chi connectivity index (χ3n) is 5.20. The van der Waals surface area contributed by atoms with E-state index in [1.54, 1.807) is 0 Å². The van der Waals surface area contributed by atoms with Crippen LogP contribution < -0.4 is 0 Å². The molecule has 3 aromatic rings. The molecule has 2 heterocycles. The average molecular weight is 474 g/mol. The zero-order valence-corrected chi connectivity index (χ0v) is 18.0. The molecular formula is C19H17F3N2O5S2. The van der Waals surface area contributed by atoms with Gasteiger partial charge in [-0.1, -0.05) is 6.92 Å². The van der Waals surface area contributed by atoms with Crippen molar-refractivity contribution >= 4 is 30.8 Å². The maximum Gasteiger partial charge on any atom is 0.501 e. The van der Waals surface area contributed by atoms with Crippen LogP contribution in [0.2, 0.25) is 0 Å². The Kier molecular flexibility index (Phi) is 4.93. The standard InChI is InChI=1S/C19H17F3N2O5S2/c1-3-30(25,26)15-8-12(11-4-5-11)9-23-17(15)18-24-16-10(2)14(7-6-13(16)29-18)31(27,28)19(20,21)22/h6-9,11H,3-5H2,1-2H3. The molecular weight excluding hydrogens is 457 g/mol. The van der Waals surface area contributed by atoms with Crippen molar-refractivity contribution in [1.82, 2.24) is 9.97 Å². The number of rotatable bonds is 5. The fourth-order valence-corrected chi connectivity index (χ4v) is 5.33. The van der Waals surface area contributed by atoms with E-state index in [1.807, 2.05) is 0 Å². The number of alkyl halides is 3. The van der Waals surface area contributed by atoms with E-state index in [0.29, 0.717) is 0 Å². The molecule has 0 spiro atoms. The molecule has 0 atom stereocenters. The van der Waals surface area contributed by atoms with E-state index in [2.05, 4.69) is 9.97 Å². The molecule has 0 amide bonds. The maximum absolute atomic E-state index is 13.0. The van der Waals surface area contributed by atoms with E-state index >= 15 is 0 Å². The number of hydrogen-bond acceptors (Lipinski definition) is 7. The Labute approximate surface area is 176 Å². The summed E-state index contributed by atoms with van der Waals surface area (Å²) in [5.74, 6) is -0.161. The van der Waals surface area contributed by atoms with Crippen LogP contribution >= 0.6 is 0 Å².